The molecular formula is C34H42N6O3. The number of nitrogens with zero attached hydrogens (tertiary/aromatic N) is 2. The van der Waals surface area contributed by atoms with E-state index in [-0.39, 0.29) is 29.5 Å². The van der Waals surface area contributed by atoms with Gasteiger partial charge in [0.1, 0.15) is 5.75 Å². The average molecular weight is 583 g/mol. The number of aromatic hydroxyl groups is 1. The van der Waals surface area contributed by atoms with E-state index in [1.807, 2.05) is 41.3 Å². The van der Waals surface area contributed by atoms with E-state index in [1.54, 1.807) is 37.4 Å². The number of aliphatic imine (C=N–C) groups is 1. The van der Waals surface area contributed by atoms with Crippen molar-refractivity contribution in [1.29, 1.82) is 0 Å². The maximum atomic E-state index is 14.0. The van der Waals surface area contributed by atoms with Crippen LogP contribution in [0.2, 0.25) is 0 Å². The summed E-state index contributed by atoms with van der Waals surface area (Å²) in [6, 6.07) is 26.8. The van der Waals surface area contributed by atoms with Gasteiger partial charge in [0, 0.05) is 51.3 Å². The number of carbonyl (C=O) groups is 2. The molecule has 0 aliphatic carbocycles. The van der Waals surface area contributed by atoms with E-state index in [1.165, 1.54) is 6.08 Å². The molecule has 3 aromatic carbocycles. The highest BCUT2D eigenvalue weighted by Crippen LogP contribution is 2.27. The van der Waals surface area contributed by atoms with Gasteiger partial charge in [-0.2, -0.15) is 0 Å². The normalized spacial score (nSPS) is 17.7. The molecule has 9 heteroatoms. The van der Waals surface area contributed by atoms with Gasteiger partial charge in [-0.3, -0.25) is 14.6 Å². The number of phenolic OH excluding ortho intramolecular Hbond substituents is 1. The van der Waals surface area contributed by atoms with Crippen LogP contribution in [0.4, 0.5) is 0 Å². The summed E-state index contributed by atoms with van der Waals surface area (Å²) in [7, 11) is 1.63. The van der Waals surface area contributed by atoms with Gasteiger partial charge in [-0.1, -0.05) is 72.8 Å². The minimum atomic E-state index is -0.397. The SMILES string of the molecule is CN=C(N)NCCCC1NC(CNC(=O)/C=C/c2ccc(O)cc2)CCN(CC(c2ccccc2)c2ccccc2)C1=O. The maximum Gasteiger partial charge on any atom is 0.244 e. The topological polar surface area (TPSA) is 132 Å². The fraction of sp³-hybridized carbons (Fsp3) is 0.324. The predicted octanol–water partition coefficient (Wildman–Crippen LogP) is 3.23. The zero-order chi connectivity index (χ0) is 30.4. The van der Waals surface area contributed by atoms with Crippen molar-refractivity contribution in [3.05, 3.63) is 108 Å². The van der Waals surface area contributed by atoms with Crippen molar-refractivity contribution < 1.29 is 14.7 Å². The first-order valence-corrected chi connectivity index (χ1v) is 14.8. The molecule has 2 amide bonds. The van der Waals surface area contributed by atoms with Crippen molar-refractivity contribution in [2.75, 3.05) is 33.2 Å². The van der Waals surface area contributed by atoms with E-state index in [0.717, 1.165) is 23.1 Å². The Kier molecular flexibility index (Phi) is 11.7. The summed E-state index contributed by atoms with van der Waals surface area (Å²) < 4.78 is 0. The average Bonchev–Trinajstić information content (AvgIpc) is 3.19. The van der Waals surface area contributed by atoms with Crippen molar-refractivity contribution in [3.8, 4) is 5.75 Å². The van der Waals surface area contributed by atoms with Crippen molar-refractivity contribution >= 4 is 23.8 Å². The maximum absolute atomic E-state index is 14.0. The molecule has 0 bridgehead atoms. The predicted molar refractivity (Wildman–Crippen MR) is 172 cm³/mol. The third-order valence-corrected chi connectivity index (χ3v) is 7.66. The number of nitrogens with one attached hydrogen (secondary N) is 3. The molecule has 0 saturated carbocycles. The lowest BCUT2D eigenvalue weighted by molar-refractivity contribution is -0.133. The summed E-state index contributed by atoms with van der Waals surface area (Å²) in [5.41, 5.74) is 8.93. The Morgan fingerprint density at radius 2 is 1.70 bits per heavy atom. The van der Waals surface area contributed by atoms with E-state index in [2.05, 4.69) is 45.2 Å². The van der Waals surface area contributed by atoms with Gasteiger partial charge in [0.05, 0.1) is 6.04 Å². The van der Waals surface area contributed by atoms with Crippen molar-refractivity contribution in [3.63, 3.8) is 0 Å². The van der Waals surface area contributed by atoms with Crippen LogP contribution in [0.5, 0.6) is 5.75 Å². The van der Waals surface area contributed by atoms with Crippen molar-refractivity contribution in [1.82, 2.24) is 20.9 Å². The zero-order valence-corrected chi connectivity index (χ0v) is 24.7. The molecule has 1 saturated heterocycles. The van der Waals surface area contributed by atoms with Crippen LogP contribution >= 0.6 is 0 Å². The zero-order valence-electron chi connectivity index (χ0n) is 24.7. The molecule has 43 heavy (non-hydrogen) atoms. The second kappa shape index (κ2) is 16.1. The van der Waals surface area contributed by atoms with Gasteiger partial charge in [-0.05, 0) is 54.2 Å². The van der Waals surface area contributed by atoms with Crippen LogP contribution in [-0.4, -0.2) is 73.1 Å². The number of phenols is 1. The molecule has 0 radical (unpaired) electrons. The largest absolute Gasteiger partial charge is 0.508 e. The molecule has 1 aliphatic rings. The van der Waals surface area contributed by atoms with Crippen LogP contribution < -0.4 is 21.7 Å². The molecule has 4 rings (SSSR count). The smallest absolute Gasteiger partial charge is 0.244 e. The fourth-order valence-electron chi connectivity index (χ4n) is 5.27. The minimum absolute atomic E-state index is 0.0375. The van der Waals surface area contributed by atoms with E-state index in [0.29, 0.717) is 45.0 Å². The number of guanidine groups is 1. The van der Waals surface area contributed by atoms with E-state index in [4.69, 9.17) is 5.73 Å². The second-order valence-corrected chi connectivity index (χ2v) is 10.7. The highest BCUT2D eigenvalue weighted by molar-refractivity contribution is 5.91. The molecule has 0 spiro atoms. The minimum Gasteiger partial charge on any atom is -0.508 e. The molecule has 0 aromatic heterocycles. The van der Waals surface area contributed by atoms with E-state index < -0.39 is 6.04 Å². The number of nitrogens with two attached hydrogens (primary N) is 1. The molecule has 3 aromatic rings. The first-order chi connectivity index (χ1) is 20.9. The van der Waals surface area contributed by atoms with Crippen LogP contribution in [0.3, 0.4) is 0 Å². The monoisotopic (exact) mass is 582 g/mol. The molecular weight excluding hydrogens is 540 g/mol. The van der Waals surface area contributed by atoms with E-state index in [9.17, 15) is 14.7 Å². The van der Waals surface area contributed by atoms with Gasteiger partial charge in [0.25, 0.3) is 0 Å². The molecule has 1 fully saturated rings. The highest BCUT2D eigenvalue weighted by atomic mass is 16.3. The summed E-state index contributed by atoms with van der Waals surface area (Å²) in [5, 5.41) is 19.0. The molecule has 6 N–H and O–H groups in total. The number of benzene rings is 3. The van der Waals surface area contributed by atoms with Gasteiger partial charge >= 0.3 is 0 Å². The summed E-state index contributed by atoms with van der Waals surface area (Å²) in [5.74, 6) is 0.434. The standard InChI is InChI=1S/C34H42N6O3/c1-36-34(35)37-21-8-13-31-33(43)40(24-30(26-9-4-2-5-10-26)27-11-6-3-7-12-27)22-20-28(39-31)23-38-32(42)19-16-25-14-17-29(41)18-15-25/h2-7,9-12,14-19,28,30-31,39,41H,8,13,20-24H2,1H3,(H,38,42)(H3,35,36,37)/b19-16+. The third-order valence-electron chi connectivity index (χ3n) is 7.66. The van der Waals surface area contributed by atoms with E-state index >= 15 is 0 Å². The van der Waals surface area contributed by atoms with Crippen LogP contribution in [0.25, 0.3) is 6.08 Å². The Labute approximate surface area is 253 Å². The summed E-state index contributed by atoms with van der Waals surface area (Å²) >= 11 is 0. The van der Waals surface area contributed by atoms with Gasteiger partial charge in [-0.15, -0.1) is 0 Å². The van der Waals surface area contributed by atoms with Crippen LogP contribution in [0.15, 0.2) is 96.0 Å². The van der Waals surface area contributed by atoms with Gasteiger partial charge in [0.15, 0.2) is 5.96 Å². The molecule has 9 nitrogen and oxygen atoms in total. The second-order valence-electron chi connectivity index (χ2n) is 10.7. The van der Waals surface area contributed by atoms with Crippen molar-refractivity contribution in [2.24, 2.45) is 10.7 Å². The Balaban J connectivity index is 1.45. The molecule has 2 atom stereocenters. The van der Waals surface area contributed by atoms with Crippen LogP contribution in [0, 0.1) is 0 Å². The Hall–Kier alpha value is -4.63. The van der Waals surface area contributed by atoms with Gasteiger partial charge in [0.2, 0.25) is 11.8 Å². The molecule has 1 heterocycles. The fourth-order valence-corrected chi connectivity index (χ4v) is 5.27. The van der Waals surface area contributed by atoms with Crippen LogP contribution in [0.1, 0.15) is 41.9 Å². The Bertz CT molecular complexity index is 1320. The Morgan fingerprint density at radius 1 is 1.05 bits per heavy atom. The Morgan fingerprint density at radius 3 is 2.33 bits per heavy atom. The summed E-state index contributed by atoms with van der Waals surface area (Å²) in [4.78, 5) is 32.5. The lowest BCUT2D eigenvalue weighted by Crippen LogP contribution is -2.49. The van der Waals surface area contributed by atoms with Gasteiger partial charge in [-0.25, -0.2) is 0 Å². The summed E-state index contributed by atoms with van der Waals surface area (Å²) in [6.45, 7) is 2.14. The first-order valence-electron chi connectivity index (χ1n) is 14.8. The molecule has 2 unspecified atom stereocenters. The lowest BCUT2D eigenvalue weighted by atomic mass is 9.90. The van der Waals surface area contributed by atoms with Crippen LogP contribution in [-0.2, 0) is 9.59 Å². The molecule has 1 aliphatic heterocycles. The third kappa shape index (κ3) is 9.72. The number of rotatable bonds is 12. The quantitative estimate of drug-likeness (QED) is 0.0965. The number of hydrogen-bond acceptors (Lipinski definition) is 5. The molecule has 226 valence electrons. The number of carbonyl (C=O) groups excluding carboxylic acids is 2. The lowest BCUT2D eigenvalue weighted by Gasteiger charge is -2.29. The van der Waals surface area contributed by atoms with Crippen molar-refractivity contribution in [2.45, 2.75) is 37.3 Å². The first kappa shape index (κ1) is 31.3. The summed E-state index contributed by atoms with van der Waals surface area (Å²) in [6.07, 6.45) is 5.23. The number of hydrogen-bond donors (Lipinski definition) is 5. The highest BCUT2D eigenvalue weighted by Gasteiger charge is 2.32. The van der Waals surface area contributed by atoms with Gasteiger partial charge < -0.3 is 31.7 Å². The number of amides is 2.